The van der Waals surface area contributed by atoms with E-state index in [0.29, 0.717) is 31.5 Å². The average Bonchev–Trinajstić information content (AvgIpc) is 3.26. The summed E-state index contributed by atoms with van der Waals surface area (Å²) in [4.78, 5) is 29.4. The molecule has 0 saturated carbocycles. The van der Waals surface area contributed by atoms with Gasteiger partial charge in [-0.15, -0.1) is 11.8 Å². The normalized spacial score (nSPS) is 21.8. The molecule has 0 aliphatic carbocycles. The number of likely N-dealkylation sites (tertiary alicyclic amines) is 1. The van der Waals surface area contributed by atoms with E-state index in [1.165, 1.54) is 49.5 Å². The molecule has 5 nitrogen and oxygen atoms in total. The van der Waals surface area contributed by atoms with Crippen molar-refractivity contribution in [3.63, 3.8) is 0 Å². The minimum Gasteiger partial charge on any atom is -0.299 e. The fraction of sp³-hybridized carbons (Fsp3) is 0.462. The van der Waals surface area contributed by atoms with E-state index in [2.05, 4.69) is 34.5 Å². The molecule has 174 valence electrons. The Morgan fingerprint density at radius 1 is 0.939 bits per heavy atom. The van der Waals surface area contributed by atoms with Gasteiger partial charge in [0.2, 0.25) is 11.8 Å². The van der Waals surface area contributed by atoms with Crippen molar-refractivity contribution in [1.82, 2.24) is 15.1 Å². The van der Waals surface area contributed by atoms with Gasteiger partial charge in [0.1, 0.15) is 5.82 Å². The summed E-state index contributed by atoms with van der Waals surface area (Å²) in [7, 11) is 0. The second kappa shape index (κ2) is 9.95. The van der Waals surface area contributed by atoms with Crippen LogP contribution in [0.3, 0.4) is 0 Å². The van der Waals surface area contributed by atoms with Crippen molar-refractivity contribution in [3.05, 3.63) is 64.5 Å². The van der Waals surface area contributed by atoms with E-state index < -0.39 is 0 Å². The first kappa shape index (κ1) is 22.6. The quantitative estimate of drug-likeness (QED) is 0.509. The Kier molecular flexibility index (Phi) is 6.81. The van der Waals surface area contributed by atoms with Crippen molar-refractivity contribution < 1.29 is 14.0 Å². The number of imide groups is 1. The highest BCUT2D eigenvalue weighted by Crippen LogP contribution is 2.37. The smallest absolute Gasteiger partial charge is 0.243 e. The van der Waals surface area contributed by atoms with E-state index in [-0.39, 0.29) is 23.7 Å². The maximum Gasteiger partial charge on any atom is 0.243 e. The predicted molar refractivity (Wildman–Crippen MR) is 127 cm³/mol. The SMILES string of the molecule is O=C1CCC(N2Cc3c(F)ccc(SCc4ccc(CN5CCCCC5)cc4)c3C2)C(=O)N1. The van der Waals surface area contributed by atoms with E-state index in [1.807, 2.05) is 11.0 Å². The van der Waals surface area contributed by atoms with Gasteiger partial charge in [-0.2, -0.15) is 0 Å². The van der Waals surface area contributed by atoms with Gasteiger partial charge in [0, 0.05) is 42.3 Å². The summed E-state index contributed by atoms with van der Waals surface area (Å²) in [6.45, 7) is 4.37. The third-order valence-electron chi connectivity index (χ3n) is 6.98. The number of nitrogens with zero attached hydrogens (tertiary/aromatic N) is 2. The standard InChI is InChI=1S/C26H30FN3O2S/c27-22-8-10-24(21-16-30(15-20(21)22)23-9-11-25(31)28-26(23)32)33-17-19-6-4-18(5-7-19)14-29-12-2-1-3-13-29/h4-8,10,23H,1-3,9,11-17H2,(H,28,31,32). The summed E-state index contributed by atoms with van der Waals surface area (Å²) in [5, 5.41) is 2.42. The van der Waals surface area contributed by atoms with Crippen molar-refractivity contribution >= 4 is 23.6 Å². The van der Waals surface area contributed by atoms with Crippen LogP contribution in [-0.4, -0.2) is 40.7 Å². The molecule has 5 rings (SSSR count). The lowest BCUT2D eigenvalue weighted by Crippen LogP contribution is -2.50. The molecule has 2 aromatic rings. The lowest BCUT2D eigenvalue weighted by Gasteiger charge is -2.29. The van der Waals surface area contributed by atoms with Gasteiger partial charge in [-0.25, -0.2) is 4.39 Å². The molecule has 2 amide bonds. The first-order chi connectivity index (χ1) is 16.1. The Balaban J connectivity index is 1.22. The second-order valence-electron chi connectivity index (χ2n) is 9.32. The summed E-state index contributed by atoms with van der Waals surface area (Å²) in [6.07, 6.45) is 4.79. The summed E-state index contributed by atoms with van der Waals surface area (Å²) in [5.41, 5.74) is 4.27. The molecule has 0 bridgehead atoms. The summed E-state index contributed by atoms with van der Waals surface area (Å²) in [6, 6.07) is 11.9. The summed E-state index contributed by atoms with van der Waals surface area (Å²) in [5.74, 6) is 0.113. The summed E-state index contributed by atoms with van der Waals surface area (Å²) < 4.78 is 14.6. The number of thioether (sulfide) groups is 1. The minimum atomic E-state index is -0.375. The van der Waals surface area contributed by atoms with Gasteiger partial charge in [0.15, 0.2) is 0 Å². The van der Waals surface area contributed by atoms with Crippen LogP contribution in [-0.2, 0) is 35.0 Å². The molecule has 2 aromatic carbocycles. The molecule has 3 heterocycles. The number of halogens is 1. The third-order valence-corrected chi connectivity index (χ3v) is 8.15. The van der Waals surface area contributed by atoms with E-state index >= 15 is 0 Å². The topological polar surface area (TPSA) is 52.7 Å². The summed E-state index contributed by atoms with van der Waals surface area (Å²) >= 11 is 1.72. The van der Waals surface area contributed by atoms with Gasteiger partial charge in [-0.1, -0.05) is 30.7 Å². The molecule has 7 heteroatoms. The highest BCUT2D eigenvalue weighted by Gasteiger charge is 2.36. The highest BCUT2D eigenvalue weighted by molar-refractivity contribution is 7.98. The number of fused-ring (bicyclic) bond motifs is 1. The Hall–Kier alpha value is -2.22. The van der Waals surface area contributed by atoms with Gasteiger partial charge < -0.3 is 0 Å². The van der Waals surface area contributed by atoms with Gasteiger partial charge in [-0.05, 0) is 61.2 Å². The van der Waals surface area contributed by atoms with E-state index in [1.54, 1.807) is 11.8 Å². The van der Waals surface area contributed by atoms with Crippen molar-refractivity contribution in [3.8, 4) is 0 Å². The molecule has 1 unspecified atom stereocenters. The maximum absolute atomic E-state index is 14.6. The fourth-order valence-corrected chi connectivity index (χ4v) is 6.15. The number of nitrogens with one attached hydrogen (secondary N) is 1. The maximum atomic E-state index is 14.6. The zero-order valence-corrected chi connectivity index (χ0v) is 19.6. The number of carbonyl (C=O) groups is 2. The molecule has 1 N–H and O–H groups in total. The van der Waals surface area contributed by atoms with Crippen LogP contribution in [0.4, 0.5) is 4.39 Å². The van der Waals surface area contributed by atoms with Crippen molar-refractivity contribution in [2.45, 2.75) is 68.4 Å². The van der Waals surface area contributed by atoms with Crippen molar-refractivity contribution in [1.29, 1.82) is 0 Å². The molecule has 1 atom stereocenters. The first-order valence-corrected chi connectivity index (χ1v) is 12.9. The van der Waals surface area contributed by atoms with Gasteiger partial charge >= 0.3 is 0 Å². The molecule has 3 aliphatic rings. The van der Waals surface area contributed by atoms with Crippen molar-refractivity contribution in [2.24, 2.45) is 0 Å². The van der Waals surface area contributed by atoms with E-state index in [4.69, 9.17) is 0 Å². The zero-order chi connectivity index (χ0) is 22.8. The predicted octanol–water partition coefficient (Wildman–Crippen LogP) is 4.22. The Bertz CT molecular complexity index is 1040. The van der Waals surface area contributed by atoms with Gasteiger partial charge in [0.25, 0.3) is 0 Å². The van der Waals surface area contributed by atoms with Crippen molar-refractivity contribution in [2.75, 3.05) is 13.1 Å². The molecule has 2 saturated heterocycles. The van der Waals surface area contributed by atoms with Crippen LogP contribution in [0.1, 0.15) is 54.4 Å². The number of hydrogen-bond acceptors (Lipinski definition) is 5. The van der Waals surface area contributed by atoms with Crippen LogP contribution in [0.2, 0.25) is 0 Å². The molecule has 0 radical (unpaired) electrons. The first-order valence-electron chi connectivity index (χ1n) is 11.9. The highest BCUT2D eigenvalue weighted by atomic mass is 32.2. The molecule has 2 fully saturated rings. The lowest BCUT2D eigenvalue weighted by atomic mass is 10.0. The number of piperidine rings is 2. The monoisotopic (exact) mass is 467 g/mol. The van der Waals surface area contributed by atoms with Gasteiger partial charge in [0.05, 0.1) is 6.04 Å². The van der Waals surface area contributed by atoms with Crippen LogP contribution < -0.4 is 5.32 Å². The lowest BCUT2D eigenvalue weighted by molar-refractivity contribution is -0.137. The molecule has 0 spiro atoms. The average molecular weight is 468 g/mol. The molecule has 3 aliphatic heterocycles. The number of carbonyl (C=O) groups excluding carboxylic acids is 2. The van der Waals surface area contributed by atoms with Crippen LogP contribution in [0, 0.1) is 5.82 Å². The number of rotatable bonds is 6. The molecular weight excluding hydrogens is 437 g/mol. The van der Waals surface area contributed by atoms with Crippen LogP contribution in [0.15, 0.2) is 41.3 Å². The van der Waals surface area contributed by atoms with Crippen LogP contribution >= 0.6 is 11.8 Å². The molecule has 33 heavy (non-hydrogen) atoms. The third kappa shape index (κ3) is 5.15. The number of hydrogen-bond donors (Lipinski definition) is 1. The Labute approximate surface area is 198 Å². The Morgan fingerprint density at radius 2 is 1.67 bits per heavy atom. The zero-order valence-electron chi connectivity index (χ0n) is 18.8. The van der Waals surface area contributed by atoms with Gasteiger partial charge in [-0.3, -0.25) is 24.7 Å². The van der Waals surface area contributed by atoms with Crippen LogP contribution in [0.25, 0.3) is 0 Å². The Morgan fingerprint density at radius 3 is 2.42 bits per heavy atom. The molecule has 0 aromatic heterocycles. The number of benzene rings is 2. The van der Waals surface area contributed by atoms with E-state index in [0.717, 1.165) is 22.8 Å². The second-order valence-corrected chi connectivity index (χ2v) is 10.3. The molecular formula is C26H30FN3O2S. The fourth-order valence-electron chi connectivity index (χ4n) is 5.11. The minimum absolute atomic E-state index is 0.216. The largest absolute Gasteiger partial charge is 0.299 e. The number of amides is 2. The van der Waals surface area contributed by atoms with Crippen LogP contribution in [0.5, 0.6) is 0 Å². The van der Waals surface area contributed by atoms with E-state index in [9.17, 15) is 14.0 Å².